The second kappa shape index (κ2) is 7.40. The molecule has 0 bridgehead atoms. The van der Waals surface area contributed by atoms with Gasteiger partial charge in [-0.2, -0.15) is 16.4 Å². The quantitative estimate of drug-likeness (QED) is 0.764. The van der Waals surface area contributed by atoms with Gasteiger partial charge in [-0.15, -0.1) is 0 Å². The Labute approximate surface area is 166 Å². The van der Waals surface area contributed by atoms with Crippen LogP contribution in [0.3, 0.4) is 0 Å². The maximum atomic E-state index is 12.3. The van der Waals surface area contributed by atoms with E-state index in [-0.39, 0.29) is 5.91 Å². The molecular weight excluding hydrogens is 356 g/mol. The number of carbonyl (C=O) groups excluding carboxylic acids is 1. The molecule has 3 heterocycles. The van der Waals surface area contributed by atoms with Crippen LogP contribution in [0.25, 0.3) is 0 Å². The summed E-state index contributed by atoms with van der Waals surface area (Å²) in [7, 11) is 2.01. The number of rotatable bonds is 6. The molecule has 1 spiro atoms. The summed E-state index contributed by atoms with van der Waals surface area (Å²) in [6.45, 7) is 7.92. The van der Waals surface area contributed by atoms with E-state index in [1.807, 2.05) is 11.7 Å². The van der Waals surface area contributed by atoms with Gasteiger partial charge in [-0.05, 0) is 66.6 Å². The van der Waals surface area contributed by atoms with Crippen molar-refractivity contribution in [2.45, 2.75) is 58.7 Å². The van der Waals surface area contributed by atoms with Gasteiger partial charge >= 0.3 is 0 Å². The predicted octanol–water partition coefficient (Wildman–Crippen LogP) is 3.45. The Morgan fingerprint density at radius 1 is 1.41 bits per heavy atom. The van der Waals surface area contributed by atoms with Gasteiger partial charge in [0.15, 0.2) is 0 Å². The number of piperidine rings is 1. The second-order valence-electron chi connectivity index (χ2n) is 8.27. The Morgan fingerprint density at radius 3 is 2.81 bits per heavy atom. The summed E-state index contributed by atoms with van der Waals surface area (Å²) in [5.41, 5.74) is 4.21. The summed E-state index contributed by atoms with van der Waals surface area (Å²) in [6, 6.07) is 2.57. The zero-order valence-corrected chi connectivity index (χ0v) is 17.5. The second-order valence-corrected chi connectivity index (χ2v) is 9.05. The molecule has 5 nitrogen and oxygen atoms in total. The van der Waals surface area contributed by atoms with Crippen LogP contribution in [0.15, 0.2) is 23.0 Å². The van der Waals surface area contributed by atoms with Gasteiger partial charge in [-0.25, -0.2) is 0 Å². The lowest BCUT2D eigenvalue weighted by molar-refractivity contribution is -0.130. The minimum absolute atomic E-state index is 0.216. The molecule has 0 unspecified atom stereocenters. The summed E-state index contributed by atoms with van der Waals surface area (Å²) < 4.78 is 1.94. The molecule has 6 heteroatoms. The maximum Gasteiger partial charge on any atom is 0.220 e. The number of carbonyl (C=O) groups is 1. The van der Waals surface area contributed by atoms with Crippen molar-refractivity contribution in [2.24, 2.45) is 12.5 Å². The predicted molar refractivity (Wildman–Crippen MR) is 108 cm³/mol. The topological polar surface area (TPSA) is 41.4 Å². The Balaban J connectivity index is 1.35. The van der Waals surface area contributed by atoms with E-state index in [0.717, 1.165) is 32.6 Å². The molecule has 1 aliphatic carbocycles. The van der Waals surface area contributed by atoms with Crippen molar-refractivity contribution in [1.82, 2.24) is 19.6 Å². The van der Waals surface area contributed by atoms with Crippen LogP contribution in [-0.4, -0.2) is 44.6 Å². The summed E-state index contributed by atoms with van der Waals surface area (Å²) >= 11 is 1.71. The van der Waals surface area contributed by atoms with E-state index in [2.05, 4.69) is 44.8 Å². The number of hydrogen-bond acceptors (Lipinski definition) is 4. The molecule has 2 fully saturated rings. The van der Waals surface area contributed by atoms with E-state index >= 15 is 0 Å². The fraction of sp³-hybridized carbons (Fsp3) is 0.619. The Morgan fingerprint density at radius 2 is 2.19 bits per heavy atom. The molecule has 1 aliphatic heterocycles. The van der Waals surface area contributed by atoms with Crippen molar-refractivity contribution in [3.05, 3.63) is 39.8 Å². The zero-order chi connectivity index (χ0) is 19.0. The molecular formula is C21H30N4OS. The molecule has 2 aliphatic rings. The smallest absolute Gasteiger partial charge is 0.220 e. The standard InChI is InChI=1S/C21H30N4OS/c1-4-19-18(13-23(3)22-19)14-24-8-6-21(7-9-24)11-20(21)25(16(2)26)12-17-5-10-27-15-17/h5,10,13,15,20H,4,6-9,11-12,14H2,1-3H3/t20-/m1/s1. The number of amides is 1. The molecule has 0 N–H and O–H groups in total. The lowest BCUT2D eigenvalue weighted by Gasteiger charge is -2.34. The summed E-state index contributed by atoms with van der Waals surface area (Å²) in [4.78, 5) is 16.9. The van der Waals surface area contributed by atoms with Crippen molar-refractivity contribution in [3.63, 3.8) is 0 Å². The Hall–Kier alpha value is -1.66. The summed E-state index contributed by atoms with van der Waals surface area (Å²) in [5, 5.41) is 8.83. The highest BCUT2D eigenvalue weighted by atomic mass is 32.1. The van der Waals surface area contributed by atoms with Crippen molar-refractivity contribution in [1.29, 1.82) is 0 Å². The van der Waals surface area contributed by atoms with Crippen LogP contribution in [0.2, 0.25) is 0 Å². The first-order valence-corrected chi connectivity index (χ1v) is 11.0. The highest BCUT2D eigenvalue weighted by molar-refractivity contribution is 7.07. The third-order valence-corrected chi connectivity index (χ3v) is 7.16. The SMILES string of the molecule is CCc1nn(C)cc1CN1CCC2(CC1)C[C@H]2N(Cc1ccsc1)C(C)=O. The zero-order valence-electron chi connectivity index (χ0n) is 16.6. The van der Waals surface area contributed by atoms with Crippen molar-refractivity contribution in [2.75, 3.05) is 13.1 Å². The van der Waals surface area contributed by atoms with E-state index in [1.165, 1.54) is 36.1 Å². The molecule has 1 saturated carbocycles. The van der Waals surface area contributed by atoms with Gasteiger partial charge in [-0.3, -0.25) is 14.4 Å². The molecule has 2 aromatic rings. The normalized spacial score (nSPS) is 21.5. The first kappa shape index (κ1) is 18.7. The number of nitrogens with zero attached hydrogens (tertiary/aromatic N) is 4. The first-order chi connectivity index (χ1) is 13.0. The maximum absolute atomic E-state index is 12.3. The molecule has 1 amide bonds. The van der Waals surface area contributed by atoms with Crippen LogP contribution < -0.4 is 0 Å². The van der Waals surface area contributed by atoms with Crippen molar-refractivity contribution < 1.29 is 4.79 Å². The number of aromatic nitrogens is 2. The minimum Gasteiger partial charge on any atom is -0.335 e. The van der Waals surface area contributed by atoms with Crippen LogP contribution in [0, 0.1) is 5.41 Å². The number of hydrogen-bond donors (Lipinski definition) is 0. The van der Waals surface area contributed by atoms with Crippen LogP contribution in [-0.2, 0) is 31.4 Å². The summed E-state index contributed by atoms with van der Waals surface area (Å²) in [6.07, 6.45) is 6.74. The Bertz CT molecular complexity index is 789. The molecule has 1 atom stereocenters. The van der Waals surface area contributed by atoms with Gasteiger partial charge in [0.2, 0.25) is 5.91 Å². The monoisotopic (exact) mass is 386 g/mol. The van der Waals surface area contributed by atoms with Gasteiger partial charge in [0.05, 0.1) is 5.69 Å². The van der Waals surface area contributed by atoms with Crippen molar-refractivity contribution >= 4 is 17.2 Å². The number of likely N-dealkylation sites (tertiary alicyclic amines) is 1. The molecule has 27 heavy (non-hydrogen) atoms. The molecule has 0 aromatic carbocycles. The van der Waals surface area contributed by atoms with Crippen LogP contribution in [0.4, 0.5) is 0 Å². The summed E-state index contributed by atoms with van der Waals surface area (Å²) in [5.74, 6) is 0.216. The fourth-order valence-corrected chi connectivity index (χ4v) is 5.40. The largest absolute Gasteiger partial charge is 0.335 e. The molecule has 2 aromatic heterocycles. The average molecular weight is 387 g/mol. The number of thiophene rings is 1. The Kier molecular flexibility index (Phi) is 5.12. The lowest BCUT2D eigenvalue weighted by Crippen LogP contribution is -2.39. The van der Waals surface area contributed by atoms with E-state index in [0.29, 0.717) is 11.5 Å². The van der Waals surface area contributed by atoms with Gasteiger partial charge in [0.1, 0.15) is 0 Å². The lowest BCUT2D eigenvalue weighted by atomic mass is 9.92. The first-order valence-electron chi connectivity index (χ1n) is 10.0. The van der Waals surface area contributed by atoms with Crippen LogP contribution in [0.1, 0.15) is 49.9 Å². The highest BCUT2D eigenvalue weighted by Crippen LogP contribution is 2.57. The highest BCUT2D eigenvalue weighted by Gasteiger charge is 2.58. The van der Waals surface area contributed by atoms with Gasteiger partial charge in [0, 0.05) is 44.9 Å². The molecule has 0 radical (unpaired) electrons. The van der Waals surface area contributed by atoms with Gasteiger partial charge < -0.3 is 4.90 Å². The molecule has 1 saturated heterocycles. The molecule has 4 rings (SSSR count). The third-order valence-electron chi connectivity index (χ3n) is 6.43. The van der Waals surface area contributed by atoms with Crippen LogP contribution >= 0.6 is 11.3 Å². The van der Waals surface area contributed by atoms with Gasteiger partial charge in [0.25, 0.3) is 0 Å². The van der Waals surface area contributed by atoms with E-state index < -0.39 is 0 Å². The van der Waals surface area contributed by atoms with E-state index in [4.69, 9.17) is 0 Å². The minimum atomic E-state index is 0.216. The van der Waals surface area contributed by atoms with Gasteiger partial charge in [-0.1, -0.05) is 6.92 Å². The van der Waals surface area contributed by atoms with E-state index in [1.54, 1.807) is 18.3 Å². The molecule has 146 valence electrons. The van der Waals surface area contributed by atoms with Crippen molar-refractivity contribution in [3.8, 4) is 0 Å². The van der Waals surface area contributed by atoms with Crippen LogP contribution in [0.5, 0.6) is 0 Å². The number of aryl methyl sites for hydroxylation is 2. The average Bonchev–Trinajstić information content (AvgIpc) is 2.99. The third kappa shape index (κ3) is 3.83. The van der Waals surface area contributed by atoms with E-state index in [9.17, 15) is 4.79 Å². The fourth-order valence-electron chi connectivity index (χ4n) is 4.74.